The van der Waals surface area contributed by atoms with Crippen LogP contribution in [0.5, 0.6) is 0 Å². The minimum absolute atomic E-state index is 0.305. The van der Waals surface area contributed by atoms with Crippen molar-refractivity contribution in [2.75, 3.05) is 0 Å². The highest BCUT2D eigenvalue weighted by Gasteiger charge is 2.19. The molecule has 0 N–H and O–H groups in total. The monoisotopic (exact) mass is 177 g/mol. The van der Waals surface area contributed by atoms with Crippen molar-refractivity contribution in [1.29, 1.82) is 5.26 Å². The number of nitrogens with zero attached hydrogens (tertiary/aromatic N) is 3. The van der Waals surface area contributed by atoms with Crippen molar-refractivity contribution < 1.29 is 0 Å². The average molecular weight is 177 g/mol. The number of hydrogen-bond donors (Lipinski definition) is 0. The number of hydrogen-bond acceptors (Lipinski definition) is 2. The third-order valence-electron chi connectivity index (χ3n) is 2.02. The Morgan fingerprint density at radius 2 is 2.23 bits per heavy atom. The molecule has 3 nitrogen and oxygen atoms in total. The fourth-order valence-corrected chi connectivity index (χ4v) is 1.32. The lowest BCUT2D eigenvalue weighted by atomic mass is 9.90. The second-order valence-corrected chi connectivity index (χ2v) is 4.07. The Morgan fingerprint density at radius 1 is 1.62 bits per heavy atom. The van der Waals surface area contributed by atoms with Gasteiger partial charge in [0, 0.05) is 19.2 Å². The molecule has 3 heteroatoms. The summed E-state index contributed by atoms with van der Waals surface area (Å²) in [6.45, 7) is 5.84. The summed E-state index contributed by atoms with van der Waals surface area (Å²) in [5, 5.41) is 13.1. The van der Waals surface area contributed by atoms with Gasteiger partial charge in [0.15, 0.2) is 0 Å². The van der Waals surface area contributed by atoms with Crippen LogP contribution in [0.4, 0.5) is 0 Å². The highest BCUT2D eigenvalue weighted by Crippen LogP contribution is 2.20. The first kappa shape index (κ1) is 9.79. The maximum Gasteiger partial charge on any atom is 0.0688 e. The third-order valence-corrected chi connectivity index (χ3v) is 2.02. The van der Waals surface area contributed by atoms with Crippen molar-refractivity contribution in [3.8, 4) is 6.07 Å². The summed E-state index contributed by atoms with van der Waals surface area (Å²) in [7, 11) is 1.91. The lowest BCUT2D eigenvalue weighted by Gasteiger charge is -2.14. The number of nitriles is 1. The van der Waals surface area contributed by atoms with Crippen LogP contribution in [0.25, 0.3) is 0 Å². The summed E-state index contributed by atoms with van der Waals surface area (Å²) in [4.78, 5) is 0. The molecule has 1 rings (SSSR count). The summed E-state index contributed by atoms with van der Waals surface area (Å²) >= 11 is 0. The van der Waals surface area contributed by atoms with E-state index < -0.39 is 0 Å². The Hall–Kier alpha value is -1.30. The van der Waals surface area contributed by atoms with E-state index in [0.29, 0.717) is 0 Å². The van der Waals surface area contributed by atoms with E-state index in [4.69, 9.17) is 5.26 Å². The van der Waals surface area contributed by atoms with Gasteiger partial charge in [-0.25, -0.2) is 0 Å². The fraction of sp³-hybridized carbons (Fsp3) is 0.600. The summed E-state index contributed by atoms with van der Waals surface area (Å²) in [5.74, 6) is 0. The molecule has 0 fully saturated rings. The van der Waals surface area contributed by atoms with Crippen LogP contribution < -0.4 is 0 Å². The van der Waals surface area contributed by atoms with E-state index in [-0.39, 0.29) is 5.41 Å². The number of aromatic nitrogens is 2. The standard InChI is InChI=1S/C10H15N3/c1-8-5-9(13(4)12-8)6-10(2,3)7-11/h5H,6H2,1-4H3. The van der Waals surface area contributed by atoms with Crippen molar-refractivity contribution in [3.63, 3.8) is 0 Å². The van der Waals surface area contributed by atoms with Gasteiger partial charge in [0.2, 0.25) is 0 Å². The van der Waals surface area contributed by atoms with Gasteiger partial charge < -0.3 is 0 Å². The first-order valence-electron chi connectivity index (χ1n) is 4.35. The predicted octanol–water partition coefficient (Wildman–Crippen LogP) is 1.82. The van der Waals surface area contributed by atoms with Gasteiger partial charge in [-0.15, -0.1) is 0 Å². The van der Waals surface area contributed by atoms with E-state index in [1.165, 1.54) is 0 Å². The van der Waals surface area contributed by atoms with Gasteiger partial charge in [0.1, 0.15) is 0 Å². The molecule has 13 heavy (non-hydrogen) atoms. The molecule has 0 unspecified atom stereocenters. The molecule has 0 saturated heterocycles. The molecule has 0 amide bonds. The Balaban J connectivity index is 2.87. The maximum absolute atomic E-state index is 8.87. The molecule has 0 spiro atoms. The van der Waals surface area contributed by atoms with Crippen molar-refractivity contribution in [3.05, 3.63) is 17.5 Å². The minimum atomic E-state index is -0.305. The van der Waals surface area contributed by atoms with Gasteiger partial charge in [0.25, 0.3) is 0 Å². The van der Waals surface area contributed by atoms with Gasteiger partial charge in [0.05, 0.1) is 17.2 Å². The molecule has 0 atom stereocenters. The summed E-state index contributed by atoms with van der Waals surface area (Å²) in [5.41, 5.74) is 1.82. The first-order chi connectivity index (χ1) is 5.94. The van der Waals surface area contributed by atoms with Crippen LogP contribution >= 0.6 is 0 Å². The molecule has 0 bridgehead atoms. The topological polar surface area (TPSA) is 41.6 Å². The summed E-state index contributed by atoms with van der Waals surface area (Å²) in [6, 6.07) is 4.31. The van der Waals surface area contributed by atoms with E-state index in [1.807, 2.05) is 38.6 Å². The highest BCUT2D eigenvalue weighted by atomic mass is 15.3. The molecule has 70 valence electrons. The van der Waals surface area contributed by atoms with Gasteiger partial charge in [-0.2, -0.15) is 10.4 Å². The quantitative estimate of drug-likeness (QED) is 0.691. The van der Waals surface area contributed by atoms with Crippen LogP contribution in [-0.2, 0) is 13.5 Å². The van der Waals surface area contributed by atoms with Crippen LogP contribution in [0, 0.1) is 23.7 Å². The lowest BCUT2D eigenvalue weighted by molar-refractivity contribution is 0.472. The fourth-order valence-electron chi connectivity index (χ4n) is 1.32. The Morgan fingerprint density at radius 3 is 2.62 bits per heavy atom. The van der Waals surface area contributed by atoms with Gasteiger partial charge >= 0.3 is 0 Å². The number of rotatable bonds is 2. The zero-order valence-electron chi connectivity index (χ0n) is 8.63. The molecular formula is C10H15N3. The number of aryl methyl sites for hydroxylation is 2. The Bertz CT molecular complexity index is 342. The lowest BCUT2D eigenvalue weighted by Crippen LogP contribution is -2.14. The van der Waals surface area contributed by atoms with Gasteiger partial charge in [-0.3, -0.25) is 4.68 Å². The molecule has 0 saturated carbocycles. The molecule has 1 heterocycles. The minimum Gasteiger partial charge on any atom is -0.272 e. The molecule has 0 aliphatic rings. The third kappa shape index (κ3) is 2.32. The Kier molecular flexibility index (Phi) is 2.42. The van der Waals surface area contributed by atoms with E-state index in [9.17, 15) is 0 Å². The zero-order valence-corrected chi connectivity index (χ0v) is 8.63. The van der Waals surface area contributed by atoms with Crippen LogP contribution in [0.3, 0.4) is 0 Å². The molecule has 1 aromatic rings. The summed E-state index contributed by atoms with van der Waals surface area (Å²) < 4.78 is 1.84. The van der Waals surface area contributed by atoms with E-state index in [0.717, 1.165) is 17.8 Å². The average Bonchev–Trinajstić information content (AvgIpc) is 2.30. The van der Waals surface area contributed by atoms with Crippen LogP contribution in [0.2, 0.25) is 0 Å². The van der Waals surface area contributed by atoms with Crippen molar-refractivity contribution >= 4 is 0 Å². The van der Waals surface area contributed by atoms with Crippen molar-refractivity contribution in [2.45, 2.75) is 27.2 Å². The molecular weight excluding hydrogens is 162 g/mol. The molecule has 0 radical (unpaired) electrons. The summed E-state index contributed by atoms with van der Waals surface area (Å²) in [6.07, 6.45) is 0.751. The van der Waals surface area contributed by atoms with E-state index >= 15 is 0 Å². The Labute approximate surface area is 79.0 Å². The van der Waals surface area contributed by atoms with Crippen LogP contribution in [-0.4, -0.2) is 9.78 Å². The molecule has 0 aliphatic carbocycles. The van der Waals surface area contributed by atoms with Gasteiger partial charge in [-0.05, 0) is 26.8 Å². The van der Waals surface area contributed by atoms with Crippen LogP contribution in [0.1, 0.15) is 25.2 Å². The highest BCUT2D eigenvalue weighted by molar-refractivity contribution is 5.13. The van der Waals surface area contributed by atoms with E-state index in [1.54, 1.807) is 0 Å². The normalized spacial score (nSPS) is 11.3. The molecule has 0 aliphatic heterocycles. The zero-order chi connectivity index (χ0) is 10.1. The molecule has 1 aromatic heterocycles. The smallest absolute Gasteiger partial charge is 0.0688 e. The predicted molar refractivity (Wildman–Crippen MR) is 51.0 cm³/mol. The SMILES string of the molecule is Cc1cc(CC(C)(C)C#N)n(C)n1. The van der Waals surface area contributed by atoms with E-state index in [2.05, 4.69) is 11.2 Å². The van der Waals surface area contributed by atoms with Crippen molar-refractivity contribution in [2.24, 2.45) is 12.5 Å². The first-order valence-corrected chi connectivity index (χ1v) is 4.35. The molecule has 0 aromatic carbocycles. The second-order valence-electron chi connectivity index (χ2n) is 4.07. The van der Waals surface area contributed by atoms with Gasteiger partial charge in [-0.1, -0.05) is 0 Å². The second kappa shape index (κ2) is 3.21. The van der Waals surface area contributed by atoms with Crippen LogP contribution in [0.15, 0.2) is 6.07 Å². The maximum atomic E-state index is 8.87. The van der Waals surface area contributed by atoms with Crippen molar-refractivity contribution in [1.82, 2.24) is 9.78 Å². The largest absolute Gasteiger partial charge is 0.272 e.